The third-order valence-corrected chi connectivity index (χ3v) is 4.20. The Hall–Kier alpha value is -2.13. The van der Waals surface area contributed by atoms with E-state index in [1.807, 2.05) is 19.1 Å². The summed E-state index contributed by atoms with van der Waals surface area (Å²) in [5, 5.41) is 4.96. The average molecular weight is 474 g/mol. The number of esters is 1. The Bertz CT molecular complexity index is 767. The number of hydrogen-bond donors (Lipinski definition) is 2. The molecule has 7 nitrogen and oxygen atoms in total. The highest BCUT2D eigenvalue weighted by atomic mass is 79.9. The van der Waals surface area contributed by atoms with Crippen molar-refractivity contribution in [1.29, 1.82) is 0 Å². The maximum atomic E-state index is 11.9. The van der Waals surface area contributed by atoms with Crippen molar-refractivity contribution < 1.29 is 23.5 Å². The van der Waals surface area contributed by atoms with E-state index in [4.69, 9.17) is 9.15 Å². The van der Waals surface area contributed by atoms with E-state index in [9.17, 15) is 14.4 Å². The summed E-state index contributed by atoms with van der Waals surface area (Å²) >= 11 is 6.71. The Morgan fingerprint density at radius 1 is 1.20 bits per heavy atom. The van der Waals surface area contributed by atoms with Crippen LogP contribution in [-0.4, -0.2) is 30.9 Å². The van der Waals surface area contributed by atoms with Gasteiger partial charge in [0, 0.05) is 8.95 Å². The highest BCUT2D eigenvalue weighted by Crippen LogP contribution is 2.32. The summed E-state index contributed by atoms with van der Waals surface area (Å²) in [6, 6.07) is 6.71. The maximum Gasteiger partial charge on any atom is 0.325 e. The third kappa shape index (κ3) is 5.71. The lowest BCUT2D eigenvalue weighted by Gasteiger charge is -2.11. The lowest BCUT2D eigenvalue weighted by molar-refractivity contribution is -0.146. The van der Waals surface area contributed by atoms with Gasteiger partial charge in [-0.15, -0.1) is 0 Å². The molecule has 0 aliphatic heterocycles. The number of carbonyl (C=O) groups is 3. The van der Waals surface area contributed by atoms with Crippen molar-refractivity contribution in [2.45, 2.75) is 6.92 Å². The van der Waals surface area contributed by atoms with Crippen molar-refractivity contribution in [1.82, 2.24) is 5.32 Å². The number of amides is 2. The molecule has 0 saturated heterocycles. The molecule has 2 amide bonds. The Labute approximate surface area is 160 Å². The Morgan fingerprint density at radius 2 is 1.88 bits per heavy atom. The van der Waals surface area contributed by atoms with Crippen LogP contribution in [0.4, 0.5) is 5.69 Å². The zero-order valence-corrected chi connectivity index (χ0v) is 16.3. The fourth-order valence-corrected chi connectivity index (χ4v) is 3.45. The van der Waals surface area contributed by atoms with Crippen LogP contribution in [0.5, 0.6) is 0 Å². The van der Waals surface area contributed by atoms with Crippen LogP contribution >= 0.6 is 31.9 Å². The zero-order valence-electron chi connectivity index (χ0n) is 13.1. The number of ether oxygens (including phenoxy) is 1. The summed E-state index contributed by atoms with van der Waals surface area (Å²) in [6.07, 6.45) is 1.35. The molecule has 9 heteroatoms. The Kier molecular flexibility index (Phi) is 6.77. The van der Waals surface area contributed by atoms with Crippen molar-refractivity contribution in [3.63, 3.8) is 0 Å². The first kappa shape index (κ1) is 19.2. The molecular formula is C16H14Br2N2O5. The van der Waals surface area contributed by atoms with E-state index in [1.165, 1.54) is 12.3 Å². The molecule has 1 aromatic carbocycles. The van der Waals surface area contributed by atoms with Crippen molar-refractivity contribution >= 4 is 55.3 Å². The molecule has 2 rings (SSSR count). The number of aryl methyl sites for hydroxylation is 1. The molecule has 0 bridgehead atoms. The number of carbonyl (C=O) groups excluding carboxylic acids is 3. The average Bonchev–Trinajstić information content (AvgIpc) is 3.08. The second kappa shape index (κ2) is 8.82. The molecule has 0 atom stereocenters. The molecule has 0 spiro atoms. The normalized spacial score (nSPS) is 10.2. The van der Waals surface area contributed by atoms with Gasteiger partial charge in [-0.25, -0.2) is 0 Å². The first-order valence-corrected chi connectivity index (χ1v) is 8.68. The predicted molar refractivity (Wildman–Crippen MR) is 97.2 cm³/mol. The van der Waals surface area contributed by atoms with E-state index < -0.39 is 24.4 Å². The number of anilines is 1. The van der Waals surface area contributed by atoms with Gasteiger partial charge in [-0.2, -0.15) is 0 Å². The second-order valence-corrected chi connectivity index (χ2v) is 6.68. The molecule has 0 unspecified atom stereocenters. The van der Waals surface area contributed by atoms with E-state index in [-0.39, 0.29) is 12.3 Å². The van der Waals surface area contributed by atoms with E-state index >= 15 is 0 Å². The summed E-state index contributed by atoms with van der Waals surface area (Å²) < 4.78 is 11.1. The van der Waals surface area contributed by atoms with Crippen LogP contribution < -0.4 is 10.6 Å². The first-order chi connectivity index (χ1) is 11.9. The van der Waals surface area contributed by atoms with Crippen LogP contribution in [0, 0.1) is 6.92 Å². The van der Waals surface area contributed by atoms with Gasteiger partial charge in [0.2, 0.25) is 0 Å². The lowest BCUT2D eigenvalue weighted by Crippen LogP contribution is -2.32. The molecule has 0 radical (unpaired) electrons. The number of benzene rings is 1. The lowest BCUT2D eigenvalue weighted by atomic mass is 10.2. The minimum Gasteiger partial charge on any atom is -0.459 e. The summed E-state index contributed by atoms with van der Waals surface area (Å²) in [6.45, 7) is 1.08. The minimum atomic E-state index is -0.739. The molecule has 0 saturated carbocycles. The molecule has 0 aliphatic rings. The van der Waals surface area contributed by atoms with Gasteiger partial charge in [0.1, 0.15) is 6.54 Å². The fourth-order valence-electron chi connectivity index (χ4n) is 1.84. The molecule has 1 aromatic heterocycles. The van der Waals surface area contributed by atoms with Gasteiger partial charge in [0.25, 0.3) is 11.8 Å². The van der Waals surface area contributed by atoms with Gasteiger partial charge in [-0.1, -0.05) is 0 Å². The number of halogens is 2. The standard InChI is InChI=1S/C16H14Br2N2O5/c1-9-5-10(17)15(11(18)6-9)20-13(21)8-25-14(22)7-19-16(23)12-3-2-4-24-12/h2-6H,7-8H2,1H3,(H,19,23)(H,20,21). The summed E-state index contributed by atoms with van der Waals surface area (Å²) in [5.74, 6) is -1.70. The minimum absolute atomic E-state index is 0.0830. The third-order valence-electron chi connectivity index (χ3n) is 2.95. The molecule has 25 heavy (non-hydrogen) atoms. The van der Waals surface area contributed by atoms with Gasteiger partial charge < -0.3 is 19.8 Å². The molecule has 2 N–H and O–H groups in total. The highest BCUT2D eigenvalue weighted by molar-refractivity contribution is 9.11. The second-order valence-electron chi connectivity index (χ2n) is 4.97. The van der Waals surface area contributed by atoms with Crippen molar-refractivity contribution in [3.05, 3.63) is 50.8 Å². The van der Waals surface area contributed by atoms with Crippen LogP contribution in [0.3, 0.4) is 0 Å². The van der Waals surface area contributed by atoms with Gasteiger partial charge in [0.05, 0.1) is 12.0 Å². The molecular weight excluding hydrogens is 460 g/mol. The number of rotatable bonds is 6. The highest BCUT2D eigenvalue weighted by Gasteiger charge is 2.14. The quantitative estimate of drug-likeness (QED) is 0.628. The van der Waals surface area contributed by atoms with E-state index in [0.29, 0.717) is 14.6 Å². The Morgan fingerprint density at radius 3 is 2.48 bits per heavy atom. The smallest absolute Gasteiger partial charge is 0.325 e. The Balaban J connectivity index is 1.78. The molecule has 2 aromatic rings. The van der Waals surface area contributed by atoms with Crippen LogP contribution in [-0.2, 0) is 14.3 Å². The fraction of sp³-hybridized carbons (Fsp3) is 0.188. The van der Waals surface area contributed by atoms with Crippen molar-refractivity contribution in [3.8, 4) is 0 Å². The van der Waals surface area contributed by atoms with E-state index in [0.717, 1.165) is 5.56 Å². The molecule has 1 heterocycles. The van der Waals surface area contributed by atoms with Gasteiger partial charge >= 0.3 is 5.97 Å². The largest absolute Gasteiger partial charge is 0.459 e. The number of hydrogen-bond acceptors (Lipinski definition) is 5. The molecule has 132 valence electrons. The number of nitrogens with one attached hydrogen (secondary N) is 2. The molecule has 0 aliphatic carbocycles. The topological polar surface area (TPSA) is 97.6 Å². The van der Waals surface area contributed by atoms with E-state index in [2.05, 4.69) is 42.5 Å². The maximum absolute atomic E-state index is 11.9. The van der Waals surface area contributed by atoms with E-state index in [1.54, 1.807) is 6.07 Å². The SMILES string of the molecule is Cc1cc(Br)c(NC(=O)COC(=O)CNC(=O)c2ccco2)c(Br)c1. The van der Waals surface area contributed by atoms with Crippen LogP contribution in [0.25, 0.3) is 0 Å². The van der Waals surface area contributed by atoms with Crippen LogP contribution in [0.15, 0.2) is 43.9 Å². The van der Waals surface area contributed by atoms with Crippen molar-refractivity contribution in [2.75, 3.05) is 18.5 Å². The van der Waals surface area contributed by atoms with Crippen LogP contribution in [0.1, 0.15) is 16.1 Å². The summed E-state index contributed by atoms with van der Waals surface area (Å²) in [5.41, 5.74) is 1.55. The zero-order chi connectivity index (χ0) is 18.4. The first-order valence-electron chi connectivity index (χ1n) is 7.09. The number of furan rings is 1. The monoisotopic (exact) mass is 472 g/mol. The predicted octanol–water partition coefficient (Wildman–Crippen LogP) is 3.02. The van der Waals surface area contributed by atoms with Crippen molar-refractivity contribution in [2.24, 2.45) is 0 Å². The van der Waals surface area contributed by atoms with Crippen LogP contribution in [0.2, 0.25) is 0 Å². The molecule has 0 fully saturated rings. The van der Waals surface area contributed by atoms with Gasteiger partial charge in [0.15, 0.2) is 12.4 Å². The van der Waals surface area contributed by atoms with Gasteiger partial charge in [-0.05, 0) is 68.6 Å². The van der Waals surface area contributed by atoms with Gasteiger partial charge in [-0.3, -0.25) is 14.4 Å². The summed E-state index contributed by atoms with van der Waals surface area (Å²) in [7, 11) is 0. The summed E-state index contributed by atoms with van der Waals surface area (Å²) in [4.78, 5) is 35.1.